The van der Waals surface area contributed by atoms with Crippen LogP contribution < -0.4 is 11.1 Å². The molecular formula is C12H20N2O2. The van der Waals surface area contributed by atoms with Crippen LogP contribution in [0.5, 0.6) is 0 Å². The summed E-state index contributed by atoms with van der Waals surface area (Å²) in [7, 11) is 0. The van der Waals surface area contributed by atoms with E-state index in [1.54, 1.807) is 6.07 Å². The van der Waals surface area contributed by atoms with E-state index in [0.717, 1.165) is 0 Å². The van der Waals surface area contributed by atoms with Crippen LogP contribution in [0.4, 0.5) is 0 Å². The van der Waals surface area contributed by atoms with Gasteiger partial charge in [0.1, 0.15) is 12.0 Å². The first-order valence-electron chi connectivity index (χ1n) is 5.60. The van der Waals surface area contributed by atoms with Gasteiger partial charge in [0, 0.05) is 6.54 Å². The van der Waals surface area contributed by atoms with Crippen LogP contribution in [0.15, 0.2) is 16.7 Å². The summed E-state index contributed by atoms with van der Waals surface area (Å²) in [5.74, 6) is 1.55. The van der Waals surface area contributed by atoms with Gasteiger partial charge in [0.25, 0.3) is 5.91 Å². The van der Waals surface area contributed by atoms with Gasteiger partial charge in [-0.2, -0.15) is 0 Å². The maximum absolute atomic E-state index is 11.7. The summed E-state index contributed by atoms with van der Waals surface area (Å²) < 4.78 is 5.10. The first kappa shape index (κ1) is 12.8. The lowest BCUT2D eigenvalue weighted by Gasteiger charge is -2.15. The van der Waals surface area contributed by atoms with Crippen molar-refractivity contribution in [3.8, 4) is 0 Å². The van der Waals surface area contributed by atoms with Crippen molar-refractivity contribution in [1.82, 2.24) is 5.32 Å². The van der Waals surface area contributed by atoms with Gasteiger partial charge in [0.15, 0.2) is 0 Å². The third-order valence-electron chi connectivity index (χ3n) is 2.84. The minimum Gasteiger partial charge on any atom is -0.467 e. The van der Waals surface area contributed by atoms with Crippen molar-refractivity contribution in [2.75, 3.05) is 6.54 Å². The highest BCUT2D eigenvalue weighted by atomic mass is 16.3. The monoisotopic (exact) mass is 224 g/mol. The topological polar surface area (TPSA) is 68.3 Å². The molecule has 4 heteroatoms. The van der Waals surface area contributed by atoms with Crippen molar-refractivity contribution in [1.29, 1.82) is 0 Å². The molecule has 0 bridgehead atoms. The number of hydrogen-bond donors (Lipinski definition) is 2. The van der Waals surface area contributed by atoms with Crippen LogP contribution in [0.1, 0.15) is 36.9 Å². The molecule has 0 spiro atoms. The van der Waals surface area contributed by atoms with Gasteiger partial charge < -0.3 is 15.5 Å². The van der Waals surface area contributed by atoms with Gasteiger partial charge in [0.05, 0.1) is 12.1 Å². The maximum Gasteiger partial charge on any atom is 0.254 e. The molecule has 0 aromatic carbocycles. The van der Waals surface area contributed by atoms with E-state index < -0.39 is 0 Å². The maximum atomic E-state index is 11.7. The molecule has 0 fully saturated rings. The summed E-state index contributed by atoms with van der Waals surface area (Å²) in [5.41, 5.74) is 5.94. The molecule has 1 heterocycles. The van der Waals surface area contributed by atoms with Crippen LogP contribution >= 0.6 is 0 Å². The second-order valence-corrected chi connectivity index (χ2v) is 4.44. The average Bonchev–Trinajstić information content (AvgIpc) is 2.73. The summed E-state index contributed by atoms with van der Waals surface area (Å²) >= 11 is 0. The Morgan fingerprint density at radius 2 is 2.19 bits per heavy atom. The zero-order chi connectivity index (χ0) is 12.1. The molecule has 1 unspecified atom stereocenters. The predicted octanol–water partition coefficient (Wildman–Crippen LogP) is 1.76. The highest BCUT2D eigenvalue weighted by molar-refractivity contribution is 5.93. The molecule has 1 aromatic rings. The highest BCUT2D eigenvalue weighted by Crippen LogP contribution is 2.09. The van der Waals surface area contributed by atoms with Crippen molar-refractivity contribution in [2.24, 2.45) is 17.6 Å². The molecular weight excluding hydrogens is 204 g/mol. The van der Waals surface area contributed by atoms with Gasteiger partial charge >= 0.3 is 0 Å². The molecule has 1 rings (SSSR count). The van der Waals surface area contributed by atoms with Crippen molar-refractivity contribution < 1.29 is 9.21 Å². The van der Waals surface area contributed by atoms with Crippen LogP contribution in [0.2, 0.25) is 0 Å². The Hall–Kier alpha value is -1.29. The summed E-state index contributed by atoms with van der Waals surface area (Å²) in [6, 6.07) is 1.68. The first-order valence-corrected chi connectivity index (χ1v) is 5.60. The zero-order valence-corrected chi connectivity index (χ0v) is 10.1. The van der Waals surface area contributed by atoms with Crippen molar-refractivity contribution >= 4 is 5.91 Å². The summed E-state index contributed by atoms with van der Waals surface area (Å²) in [6.45, 7) is 7.39. The third-order valence-corrected chi connectivity index (χ3v) is 2.84. The molecule has 0 aliphatic carbocycles. The molecule has 90 valence electrons. The molecule has 0 saturated heterocycles. The number of nitrogens with one attached hydrogen (secondary N) is 1. The van der Waals surface area contributed by atoms with Crippen molar-refractivity contribution in [3.05, 3.63) is 23.7 Å². The Labute approximate surface area is 96.2 Å². The van der Waals surface area contributed by atoms with Gasteiger partial charge in [-0.1, -0.05) is 20.8 Å². The van der Waals surface area contributed by atoms with Gasteiger partial charge in [-0.05, 0) is 17.9 Å². The van der Waals surface area contributed by atoms with Gasteiger partial charge in [-0.25, -0.2) is 0 Å². The van der Waals surface area contributed by atoms with E-state index in [1.165, 1.54) is 6.26 Å². The summed E-state index contributed by atoms with van der Waals surface area (Å²) in [4.78, 5) is 11.7. The minimum atomic E-state index is -0.101. The standard InChI is InChI=1S/C12H20N2O2/c1-8(2)9(3)6-14-12(15)10-4-11(5-13)16-7-10/h4,7-9H,5-6,13H2,1-3H3,(H,14,15). The van der Waals surface area contributed by atoms with E-state index in [9.17, 15) is 4.79 Å². The Morgan fingerprint density at radius 1 is 1.50 bits per heavy atom. The number of amides is 1. The average molecular weight is 224 g/mol. The molecule has 0 radical (unpaired) electrons. The van der Waals surface area contributed by atoms with E-state index in [2.05, 4.69) is 26.1 Å². The van der Waals surface area contributed by atoms with Crippen LogP contribution in [-0.4, -0.2) is 12.5 Å². The molecule has 1 amide bonds. The fourth-order valence-electron chi connectivity index (χ4n) is 1.20. The Kier molecular flexibility index (Phi) is 4.55. The fourth-order valence-corrected chi connectivity index (χ4v) is 1.20. The van der Waals surface area contributed by atoms with Gasteiger partial charge in [0.2, 0.25) is 0 Å². The number of hydrogen-bond acceptors (Lipinski definition) is 3. The van der Waals surface area contributed by atoms with Crippen LogP contribution in [0.25, 0.3) is 0 Å². The molecule has 0 aliphatic heterocycles. The first-order chi connectivity index (χ1) is 7.54. The molecule has 1 aromatic heterocycles. The smallest absolute Gasteiger partial charge is 0.254 e. The van der Waals surface area contributed by atoms with Gasteiger partial charge in [-0.3, -0.25) is 4.79 Å². The van der Waals surface area contributed by atoms with E-state index in [-0.39, 0.29) is 5.91 Å². The van der Waals surface area contributed by atoms with E-state index in [4.69, 9.17) is 10.2 Å². The molecule has 1 atom stereocenters. The Morgan fingerprint density at radius 3 is 2.69 bits per heavy atom. The second kappa shape index (κ2) is 5.70. The summed E-state index contributed by atoms with van der Waals surface area (Å²) in [6.07, 6.45) is 1.44. The fraction of sp³-hybridized carbons (Fsp3) is 0.583. The lowest BCUT2D eigenvalue weighted by Crippen LogP contribution is -2.29. The largest absolute Gasteiger partial charge is 0.467 e. The normalized spacial score (nSPS) is 12.8. The van der Waals surface area contributed by atoms with Crippen molar-refractivity contribution in [2.45, 2.75) is 27.3 Å². The zero-order valence-electron chi connectivity index (χ0n) is 10.1. The molecule has 16 heavy (non-hydrogen) atoms. The number of nitrogens with two attached hydrogens (primary N) is 1. The van der Waals surface area contributed by atoms with Gasteiger partial charge in [-0.15, -0.1) is 0 Å². The number of carbonyl (C=O) groups excluding carboxylic acids is 1. The van der Waals surface area contributed by atoms with E-state index >= 15 is 0 Å². The molecule has 0 aliphatic rings. The quantitative estimate of drug-likeness (QED) is 0.800. The molecule has 3 N–H and O–H groups in total. The number of carbonyl (C=O) groups is 1. The Bertz CT molecular complexity index is 345. The number of furan rings is 1. The second-order valence-electron chi connectivity index (χ2n) is 4.44. The predicted molar refractivity (Wildman–Crippen MR) is 62.9 cm³/mol. The van der Waals surface area contributed by atoms with Crippen molar-refractivity contribution in [3.63, 3.8) is 0 Å². The lowest BCUT2D eigenvalue weighted by atomic mass is 9.98. The Balaban J connectivity index is 2.46. The lowest BCUT2D eigenvalue weighted by molar-refractivity contribution is 0.0944. The van der Waals surface area contributed by atoms with E-state index in [0.29, 0.717) is 36.2 Å². The third kappa shape index (κ3) is 3.38. The summed E-state index contributed by atoms with van der Waals surface area (Å²) in [5, 5.41) is 2.88. The molecule has 0 saturated carbocycles. The SMILES string of the molecule is CC(C)C(C)CNC(=O)c1coc(CN)c1. The minimum absolute atomic E-state index is 0.101. The van der Waals surface area contributed by atoms with Crippen LogP contribution in [0, 0.1) is 11.8 Å². The highest BCUT2D eigenvalue weighted by Gasteiger charge is 2.12. The van der Waals surface area contributed by atoms with E-state index in [1.807, 2.05) is 0 Å². The molecule has 4 nitrogen and oxygen atoms in total. The van der Waals surface area contributed by atoms with Crippen LogP contribution in [-0.2, 0) is 6.54 Å². The number of rotatable bonds is 5. The van der Waals surface area contributed by atoms with Crippen LogP contribution in [0.3, 0.4) is 0 Å².